The van der Waals surface area contributed by atoms with Crippen LogP contribution in [0.5, 0.6) is 0 Å². The minimum absolute atomic E-state index is 0.259. The van der Waals surface area contributed by atoms with Crippen molar-refractivity contribution in [3.8, 4) is 0 Å². The lowest BCUT2D eigenvalue weighted by Gasteiger charge is -2.29. The van der Waals surface area contributed by atoms with E-state index in [1.165, 1.54) is 5.56 Å². The second-order valence-corrected chi connectivity index (χ2v) is 12.3. The quantitative estimate of drug-likeness (QED) is 0.185. The van der Waals surface area contributed by atoms with Crippen LogP contribution < -0.4 is 0 Å². The first-order valence-electron chi connectivity index (χ1n) is 12.0. The molecule has 0 aliphatic heterocycles. The molecule has 31 heavy (non-hydrogen) atoms. The molecule has 1 atom stereocenters. The summed E-state index contributed by atoms with van der Waals surface area (Å²) in [6.45, 7) is 17.8. The van der Waals surface area contributed by atoms with Crippen molar-refractivity contribution in [2.24, 2.45) is 0 Å². The third kappa shape index (κ3) is 10.1. The fraction of sp³-hybridized carbons (Fsp3) is 0.667. The lowest BCUT2D eigenvalue weighted by Crippen LogP contribution is -2.45. The molecule has 1 unspecified atom stereocenters. The molecule has 0 fully saturated rings. The van der Waals surface area contributed by atoms with Crippen LogP contribution in [-0.4, -0.2) is 51.1 Å². The summed E-state index contributed by atoms with van der Waals surface area (Å²) in [4.78, 5) is 0. The monoisotopic (exact) mass is 468 g/mol. The van der Waals surface area contributed by atoms with Gasteiger partial charge in [-0.15, -0.1) is 0 Å². The summed E-state index contributed by atoms with van der Waals surface area (Å²) in [5, 5.41) is 0. The van der Waals surface area contributed by atoms with Gasteiger partial charge in [0.2, 0.25) is 0 Å². The molecule has 0 saturated heterocycles. The highest BCUT2D eigenvalue weighted by Gasteiger charge is 2.39. The van der Waals surface area contributed by atoms with Crippen LogP contribution in [0.15, 0.2) is 36.9 Å². The zero-order valence-electron chi connectivity index (χ0n) is 20.4. The van der Waals surface area contributed by atoms with Crippen LogP contribution in [0.2, 0.25) is 11.6 Å². The van der Waals surface area contributed by atoms with E-state index in [0.29, 0.717) is 33.0 Å². The minimum atomic E-state index is -2.55. The summed E-state index contributed by atoms with van der Waals surface area (Å²) in [5.41, 5.74) is 2.58. The third-order valence-electron chi connectivity index (χ3n) is 5.17. The molecule has 1 aromatic rings. The Kier molecular flexibility index (Phi) is 15.3. The van der Waals surface area contributed by atoms with Gasteiger partial charge in [-0.3, -0.25) is 0 Å². The van der Waals surface area contributed by atoms with E-state index in [9.17, 15) is 0 Å². The lowest BCUT2D eigenvalue weighted by atomic mass is 10.0. The van der Waals surface area contributed by atoms with Crippen molar-refractivity contribution in [2.75, 3.05) is 33.0 Å². The Morgan fingerprint density at radius 2 is 1.35 bits per heavy atom. The van der Waals surface area contributed by atoms with Crippen LogP contribution >= 0.6 is 0 Å². The SMILES string of the molecule is C=C(c1ccccc1)C(CCCCC[Si](OCC)(OCC)OCC)[SiH](OCC)OCC. The van der Waals surface area contributed by atoms with Crippen LogP contribution in [-0.2, 0) is 22.1 Å². The maximum atomic E-state index is 6.10. The van der Waals surface area contributed by atoms with Crippen molar-refractivity contribution in [1.29, 1.82) is 0 Å². The molecule has 0 N–H and O–H groups in total. The van der Waals surface area contributed by atoms with Crippen LogP contribution in [0.3, 0.4) is 0 Å². The van der Waals surface area contributed by atoms with Gasteiger partial charge in [0.05, 0.1) is 0 Å². The first-order chi connectivity index (χ1) is 15.1. The average Bonchev–Trinajstić information content (AvgIpc) is 2.77. The fourth-order valence-corrected chi connectivity index (χ4v) is 8.77. The normalized spacial score (nSPS) is 13.0. The number of hydrogen-bond acceptors (Lipinski definition) is 5. The van der Waals surface area contributed by atoms with E-state index in [4.69, 9.17) is 22.1 Å². The molecule has 0 spiro atoms. The maximum absolute atomic E-state index is 6.10. The van der Waals surface area contributed by atoms with E-state index in [1.807, 2.05) is 40.7 Å². The van der Waals surface area contributed by atoms with Gasteiger partial charge in [0.1, 0.15) is 0 Å². The second kappa shape index (κ2) is 16.8. The number of unbranched alkanes of at least 4 members (excludes halogenated alkanes) is 2. The van der Waals surface area contributed by atoms with Crippen molar-refractivity contribution in [1.82, 2.24) is 0 Å². The van der Waals surface area contributed by atoms with Gasteiger partial charge in [0, 0.05) is 44.6 Å². The second-order valence-electron chi connectivity index (χ2n) is 7.36. The van der Waals surface area contributed by atoms with Gasteiger partial charge in [0.25, 0.3) is 0 Å². The zero-order valence-corrected chi connectivity index (χ0v) is 22.5. The largest absolute Gasteiger partial charge is 0.500 e. The van der Waals surface area contributed by atoms with Crippen molar-refractivity contribution in [2.45, 2.75) is 71.9 Å². The van der Waals surface area contributed by atoms with Gasteiger partial charge in [-0.05, 0) is 58.6 Å². The number of benzene rings is 1. The first-order valence-corrected chi connectivity index (χ1v) is 15.5. The highest BCUT2D eigenvalue weighted by atomic mass is 28.4. The molecule has 0 saturated carbocycles. The smallest absolute Gasteiger partial charge is 0.396 e. The number of allylic oxidation sites excluding steroid dienone is 1. The zero-order chi connectivity index (χ0) is 23.0. The van der Waals surface area contributed by atoms with Crippen molar-refractivity contribution in [3.05, 3.63) is 42.5 Å². The summed E-state index contributed by atoms with van der Waals surface area (Å²) in [5.74, 6) is 0. The molecule has 0 aliphatic carbocycles. The van der Waals surface area contributed by atoms with Crippen LogP contribution in [0.1, 0.15) is 65.9 Å². The number of rotatable bonds is 19. The standard InChI is InChI=1S/C24H44O5Si2/c1-7-25-30(26-8-2)24(22(6)23-18-14-12-15-19-23)20-16-13-17-21-31(27-9-3,28-10-4)29-11-5/h12,14-15,18-19,24,30H,6-11,13,16-17,20-21H2,1-5H3. The fourth-order valence-electron chi connectivity index (χ4n) is 3.83. The highest BCUT2D eigenvalue weighted by molar-refractivity contribution is 6.60. The predicted molar refractivity (Wildman–Crippen MR) is 134 cm³/mol. The Hall–Kier alpha value is -0.806. The Bertz CT molecular complexity index is 562. The summed E-state index contributed by atoms with van der Waals surface area (Å²) in [6, 6.07) is 11.3. The van der Waals surface area contributed by atoms with E-state index in [2.05, 4.69) is 30.8 Å². The molecule has 0 amide bonds. The van der Waals surface area contributed by atoms with Gasteiger partial charge < -0.3 is 22.1 Å². The third-order valence-corrected chi connectivity index (χ3v) is 11.0. The molecule has 0 aliphatic rings. The minimum Gasteiger partial charge on any atom is -0.396 e. The maximum Gasteiger partial charge on any atom is 0.500 e. The summed E-state index contributed by atoms with van der Waals surface area (Å²) < 4.78 is 30.1. The molecule has 7 heteroatoms. The van der Waals surface area contributed by atoms with Gasteiger partial charge in [-0.25, -0.2) is 0 Å². The molecule has 0 radical (unpaired) electrons. The van der Waals surface area contributed by atoms with Crippen molar-refractivity contribution >= 4 is 23.7 Å². The van der Waals surface area contributed by atoms with Gasteiger partial charge in [0.15, 0.2) is 0 Å². The number of hydrogen-bond donors (Lipinski definition) is 0. The van der Waals surface area contributed by atoms with E-state index >= 15 is 0 Å². The Morgan fingerprint density at radius 1 is 0.806 bits per heavy atom. The molecule has 0 aromatic heterocycles. The highest BCUT2D eigenvalue weighted by Crippen LogP contribution is 2.35. The topological polar surface area (TPSA) is 46.2 Å². The van der Waals surface area contributed by atoms with E-state index in [-0.39, 0.29) is 5.54 Å². The lowest BCUT2D eigenvalue weighted by molar-refractivity contribution is 0.0706. The predicted octanol–water partition coefficient (Wildman–Crippen LogP) is 5.97. The Morgan fingerprint density at radius 3 is 1.84 bits per heavy atom. The van der Waals surface area contributed by atoms with E-state index in [1.54, 1.807) is 0 Å². The summed E-state index contributed by atoms with van der Waals surface area (Å²) in [6.07, 6.45) is 4.25. The van der Waals surface area contributed by atoms with Crippen molar-refractivity contribution < 1.29 is 22.1 Å². The van der Waals surface area contributed by atoms with Gasteiger partial charge in [-0.1, -0.05) is 49.8 Å². The first kappa shape index (κ1) is 28.2. The average molecular weight is 469 g/mol. The Labute approximate surface area is 193 Å². The summed E-state index contributed by atoms with van der Waals surface area (Å²) >= 11 is 0. The van der Waals surface area contributed by atoms with E-state index < -0.39 is 18.1 Å². The van der Waals surface area contributed by atoms with Gasteiger partial charge >= 0.3 is 18.1 Å². The molecule has 0 heterocycles. The van der Waals surface area contributed by atoms with Gasteiger partial charge in [-0.2, -0.15) is 0 Å². The Balaban J connectivity index is 2.74. The molecule has 178 valence electrons. The van der Waals surface area contributed by atoms with Crippen molar-refractivity contribution in [3.63, 3.8) is 0 Å². The summed E-state index contributed by atoms with van der Waals surface area (Å²) in [7, 11) is -4.41. The van der Waals surface area contributed by atoms with Crippen LogP contribution in [0, 0.1) is 0 Å². The van der Waals surface area contributed by atoms with Crippen LogP contribution in [0.4, 0.5) is 0 Å². The van der Waals surface area contributed by atoms with E-state index in [0.717, 1.165) is 37.3 Å². The van der Waals surface area contributed by atoms with Crippen LogP contribution in [0.25, 0.3) is 5.57 Å². The molecule has 0 bridgehead atoms. The molecule has 5 nitrogen and oxygen atoms in total. The molecule has 1 aromatic carbocycles. The molecule has 1 rings (SSSR count). The molecular formula is C24H44O5Si2. The molecular weight excluding hydrogens is 424 g/mol.